The number of rotatable bonds is 4. The first-order valence-corrected chi connectivity index (χ1v) is 6.91. The number of aromatic nitrogens is 1. The molecule has 92 valence electrons. The fourth-order valence-corrected chi connectivity index (χ4v) is 3.28. The third-order valence-corrected chi connectivity index (χ3v) is 4.12. The molecule has 4 nitrogen and oxygen atoms in total. The van der Waals surface area contributed by atoms with Gasteiger partial charge in [0.1, 0.15) is 5.82 Å². The molecule has 0 amide bonds. The van der Waals surface area contributed by atoms with Crippen molar-refractivity contribution in [2.24, 2.45) is 0 Å². The van der Waals surface area contributed by atoms with Gasteiger partial charge in [-0.1, -0.05) is 0 Å². The minimum atomic E-state index is -0.927. The molecule has 1 aliphatic heterocycles. The van der Waals surface area contributed by atoms with Crippen molar-refractivity contribution < 1.29 is 9.90 Å². The largest absolute Gasteiger partial charge is 0.478 e. The molecule has 5 heteroatoms. The standard InChI is InChI=1S/C12H16N2O2S/c1-2-14(10-5-6-17-8-10)11-4-3-9(7-13-11)12(15)16/h3-4,7,10H,2,5-6,8H2,1H3,(H,15,16)/t10-/m0/s1. The van der Waals surface area contributed by atoms with E-state index in [2.05, 4.69) is 16.8 Å². The van der Waals surface area contributed by atoms with Crippen LogP contribution in [0.25, 0.3) is 0 Å². The van der Waals surface area contributed by atoms with E-state index >= 15 is 0 Å². The van der Waals surface area contributed by atoms with E-state index in [1.165, 1.54) is 18.4 Å². The van der Waals surface area contributed by atoms with E-state index in [4.69, 9.17) is 5.11 Å². The van der Waals surface area contributed by atoms with Crippen molar-refractivity contribution in [3.05, 3.63) is 23.9 Å². The maximum Gasteiger partial charge on any atom is 0.337 e. The zero-order valence-electron chi connectivity index (χ0n) is 9.80. The van der Waals surface area contributed by atoms with Gasteiger partial charge in [-0.15, -0.1) is 0 Å². The van der Waals surface area contributed by atoms with Crippen LogP contribution in [0.5, 0.6) is 0 Å². The molecule has 0 unspecified atom stereocenters. The minimum absolute atomic E-state index is 0.241. The highest BCUT2D eigenvalue weighted by molar-refractivity contribution is 7.99. The summed E-state index contributed by atoms with van der Waals surface area (Å²) in [6.07, 6.45) is 2.61. The Kier molecular flexibility index (Phi) is 3.89. The molecule has 1 aromatic rings. The highest BCUT2D eigenvalue weighted by atomic mass is 32.2. The predicted molar refractivity (Wildman–Crippen MR) is 69.9 cm³/mol. The summed E-state index contributed by atoms with van der Waals surface area (Å²) < 4.78 is 0. The van der Waals surface area contributed by atoms with Gasteiger partial charge >= 0.3 is 5.97 Å². The van der Waals surface area contributed by atoms with Gasteiger partial charge in [0.15, 0.2) is 0 Å². The van der Waals surface area contributed by atoms with Crippen molar-refractivity contribution in [1.29, 1.82) is 0 Å². The van der Waals surface area contributed by atoms with E-state index in [-0.39, 0.29) is 5.56 Å². The summed E-state index contributed by atoms with van der Waals surface area (Å²) in [6.45, 7) is 3.01. The number of carboxylic acids is 1. The molecule has 1 atom stereocenters. The van der Waals surface area contributed by atoms with E-state index in [0.29, 0.717) is 6.04 Å². The molecule has 0 spiro atoms. The van der Waals surface area contributed by atoms with Crippen molar-refractivity contribution in [3.63, 3.8) is 0 Å². The smallest absolute Gasteiger partial charge is 0.337 e. The van der Waals surface area contributed by atoms with Crippen LogP contribution in [0.15, 0.2) is 18.3 Å². The highest BCUT2D eigenvalue weighted by Crippen LogP contribution is 2.25. The zero-order valence-corrected chi connectivity index (χ0v) is 10.6. The van der Waals surface area contributed by atoms with Crippen molar-refractivity contribution in [2.45, 2.75) is 19.4 Å². The van der Waals surface area contributed by atoms with Gasteiger partial charge in [0.25, 0.3) is 0 Å². The first-order valence-electron chi connectivity index (χ1n) is 5.76. The summed E-state index contributed by atoms with van der Waals surface area (Å²) in [4.78, 5) is 17.3. The van der Waals surface area contributed by atoms with Gasteiger partial charge in [-0.05, 0) is 31.2 Å². The summed E-state index contributed by atoms with van der Waals surface area (Å²) in [5, 5.41) is 8.83. The number of anilines is 1. The van der Waals surface area contributed by atoms with E-state index in [9.17, 15) is 4.79 Å². The lowest BCUT2D eigenvalue weighted by Gasteiger charge is -2.28. The normalized spacial score (nSPS) is 19.2. The van der Waals surface area contributed by atoms with E-state index < -0.39 is 5.97 Å². The van der Waals surface area contributed by atoms with Crippen LogP contribution < -0.4 is 4.90 Å². The van der Waals surface area contributed by atoms with Gasteiger partial charge in [-0.3, -0.25) is 0 Å². The van der Waals surface area contributed by atoms with E-state index in [1.54, 1.807) is 12.1 Å². The fraction of sp³-hybridized carbons (Fsp3) is 0.500. The van der Waals surface area contributed by atoms with Gasteiger partial charge in [0.05, 0.1) is 5.56 Å². The topological polar surface area (TPSA) is 53.4 Å². The van der Waals surface area contributed by atoms with Crippen LogP contribution in [0.4, 0.5) is 5.82 Å². The molecule has 1 aliphatic rings. The summed E-state index contributed by atoms with van der Waals surface area (Å²) >= 11 is 1.97. The summed E-state index contributed by atoms with van der Waals surface area (Å²) in [6, 6.07) is 3.96. The number of hydrogen-bond acceptors (Lipinski definition) is 4. The molecule has 2 heterocycles. The van der Waals surface area contributed by atoms with Gasteiger partial charge in [0, 0.05) is 24.5 Å². The highest BCUT2D eigenvalue weighted by Gasteiger charge is 2.22. The number of hydrogen-bond donors (Lipinski definition) is 1. The average molecular weight is 252 g/mol. The maximum absolute atomic E-state index is 10.8. The molecule has 0 saturated carbocycles. The minimum Gasteiger partial charge on any atom is -0.478 e. The number of aromatic carboxylic acids is 1. The quantitative estimate of drug-likeness (QED) is 0.889. The van der Waals surface area contributed by atoms with Crippen molar-refractivity contribution in [2.75, 3.05) is 23.0 Å². The Bertz CT molecular complexity index is 388. The Hall–Kier alpha value is -1.23. The van der Waals surface area contributed by atoms with Gasteiger partial charge in [-0.2, -0.15) is 11.8 Å². The van der Waals surface area contributed by atoms with Crippen LogP contribution in [0.2, 0.25) is 0 Å². The van der Waals surface area contributed by atoms with Gasteiger partial charge in [-0.25, -0.2) is 9.78 Å². The summed E-state index contributed by atoms with van der Waals surface area (Å²) in [5.41, 5.74) is 0.241. The van der Waals surface area contributed by atoms with E-state index in [0.717, 1.165) is 18.1 Å². The van der Waals surface area contributed by atoms with Crippen molar-refractivity contribution in [1.82, 2.24) is 4.98 Å². The van der Waals surface area contributed by atoms with Crippen LogP contribution in [0.3, 0.4) is 0 Å². The van der Waals surface area contributed by atoms with Gasteiger partial charge < -0.3 is 10.0 Å². The maximum atomic E-state index is 10.8. The molecule has 1 N–H and O–H groups in total. The summed E-state index contributed by atoms with van der Waals surface area (Å²) in [5.74, 6) is 2.29. The molecule has 0 aromatic carbocycles. The molecule has 1 aromatic heterocycles. The van der Waals surface area contributed by atoms with Crippen LogP contribution in [0.1, 0.15) is 23.7 Å². The zero-order chi connectivity index (χ0) is 12.3. The lowest BCUT2D eigenvalue weighted by atomic mass is 10.2. The Morgan fingerprint density at radius 1 is 1.65 bits per heavy atom. The third kappa shape index (κ3) is 2.72. The first kappa shape index (κ1) is 12.2. The molecule has 0 radical (unpaired) electrons. The Labute approximate surface area is 105 Å². The SMILES string of the molecule is CCN(c1ccc(C(=O)O)cn1)[C@H]1CCSC1. The second-order valence-electron chi connectivity index (χ2n) is 4.01. The second kappa shape index (κ2) is 5.40. The van der Waals surface area contributed by atoms with Crippen LogP contribution in [-0.2, 0) is 0 Å². The lowest BCUT2D eigenvalue weighted by molar-refractivity contribution is 0.0696. The summed E-state index contributed by atoms with van der Waals surface area (Å²) in [7, 11) is 0. The van der Waals surface area contributed by atoms with Crippen LogP contribution in [-0.4, -0.2) is 40.2 Å². The number of carboxylic acid groups (broad SMARTS) is 1. The number of carbonyl (C=O) groups is 1. The lowest BCUT2D eigenvalue weighted by Crippen LogP contribution is -2.35. The molecule has 2 rings (SSSR count). The first-order chi connectivity index (χ1) is 8.22. The fourth-order valence-electron chi connectivity index (χ4n) is 2.06. The van der Waals surface area contributed by atoms with Crippen molar-refractivity contribution >= 4 is 23.5 Å². The van der Waals surface area contributed by atoms with Crippen LogP contribution >= 0.6 is 11.8 Å². The molecule has 0 bridgehead atoms. The number of thioether (sulfide) groups is 1. The second-order valence-corrected chi connectivity index (χ2v) is 5.16. The predicted octanol–water partition coefficient (Wildman–Crippen LogP) is 2.11. The Balaban J connectivity index is 2.16. The Morgan fingerprint density at radius 2 is 2.47 bits per heavy atom. The van der Waals surface area contributed by atoms with Crippen molar-refractivity contribution in [3.8, 4) is 0 Å². The third-order valence-electron chi connectivity index (χ3n) is 2.98. The average Bonchev–Trinajstić information content (AvgIpc) is 2.84. The molecular weight excluding hydrogens is 236 g/mol. The van der Waals surface area contributed by atoms with Gasteiger partial charge in [0.2, 0.25) is 0 Å². The molecule has 1 fully saturated rings. The monoisotopic (exact) mass is 252 g/mol. The molecule has 0 aliphatic carbocycles. The van der Waals surface area contributed by atoms with Crippen LogP contribution in [0, 0.1) is 0 Å². The molecular formula is C12H16N2O2S. The number of nitrogens with zero attached hydrogens (tertiary/aromatic N) is 2. The number of pyridine rings is 1. The molecule has 17 heavy (non-hydrogen) atoms. The Morgan fingerprint density at radius 3 is 2.94 bits per heavy atom. The molecule has 1 saturated heterocycles. The van der Waals surface area contributed by atoms with E-state index in [1.807, 2.05) is 11.8 Å².